The minimum absolute atomic E-state index is 0.0719. The van der Waals surface area contributed by atoms with Crippen LogP contribution in [0.3, 0.4) is 0 Å². The molecule has 0 spiro atoms. The zero-order valence-corrected chi connectivity index (χ0v) is 33.8. The molecule has 2 saturated heterocycles. The van der Waals surface area contributed by atoms with Gasteiger partial charge in [0, 0.05) is 16.5 Å². The van der Waals surface area contributed by atoms with E-state index in [1.807, 2.05) is 36.4 Å². The Balaban J connectivity index is 1.09. The van der Waals surface area contributed by atoms with Crippen molar-refractivity contribution in [1.29, 1.82) is 0 Å². The lowest BCUT2D eigenvalue weighted by atomic mass is 9.49. The number of carbonyl (C=O) groups excluding carboxylic acids is 4. The third-order valence-corrected chi connectivity index (χ3v) is 13.3. The van der Waals surface area contributed by atoms with E-state index in [1.54, 1.807) is 86.8 Å². The number of aryl methyl sites for hydroxylation is 1. The summed E-state index contributed by atoms with van der Waals surface area (Å²) in [6.45, 7) is 1.77. The van der Waals surface area contributed by atoms with Crippen LogP contribution in [0.15, 0.2) is 125 Å². The average molecular weight is 840 g/mol. The van der Waals surface area contributed by atoms with Gasteiger partial charge in [0.15, 0.2) is 5.58 Å². The lowest BCUT2D eigenvalue weighted by Crippen LogP contribution is -2.53. The number of aromatic nitrogens is 1. The third-order valence-electron chi connectivity index (χ3n) is 12.8. The fourth-order valence-electron chi connectivity index (χ4n) is 10.1. The number of carbonyl (C=O) groups is 4. The minimum Gasteiger partial charge on any atom is -0.508 e. The van der Waals surface area contributed by atoms with Crippen molar-refractivity contribution >= 4 is 69.3 Å². The molecule has 6 aromatic rings. The summed E-state index contributed by atoms with van der Waals surface area (Å²) >= 11 is 12.8. The van der Waals surface area contributed by atoms with E-state index < -0.39 is 46.8 Å². The second-order valence-electron chi connectivity index (χ2n) is 15.8. The molecular formula is C47H36Cl2N4O7. The number of hydrogen-bond donors (Lipinski definition) is 2. The van der Waals surface area contributed by atoms with Gasteiger partial charge in [-0.25, -0.2) is 4.98 Å². The first-order chi connectivity index (χ1) is 29.0. The molecule has 3 heterocycles. The van der Waals surface area contributed by atoms with E-state index in [1.165, 1.54) is 11.0 Å². The van der Waals surface area contributed by atoms with Crippen LogP contribution >= 0.6 is 23.2 Å². The predicted octanol–water partition coefficient (Wildman–Crippen LogP) is 9.01. The van der Waals surface area contributed by atoms with Crippen LogP contribution in [-0.4, -0.2) is 45.8 Å². The number of phenols is 1. The summed E-state index contributed by atoms with van der Waals surface area (Å²) in [5, 5.41) is 12.3. The van der Waals surface area contributed by atoms with Gasteiger partial charge >= 0.3 is 0 Å². The van der Waals surface area contributed by atoms with E-state index in [0.29, 0.717) is 61.4 Å². The molecule has 11 nitrogen and oxygen atoms in total. The van der Waals surface area contributed by atoms with Gasteiger partial charge in [-0.1, -0.05) is 71.2 Å². The number of hydrazine groups is 1. The maximum Gasteiger partial charge on any atom is 0.260 e. The molecule has 10 rings (SSSR count). The van der Waals surface area contributed by atoms with Gasteiger partial charge < -0.3 is 14.3 Å². The molecule has 3 fully saturated rings. The molecule has 13 heteroatoms. The van der Waals surface area contributed by atoms with Gasteiger partial charge in [0.1, 0.15) is 17.0 Å². The van der Waals surface area contributed by atoms with Crippen LogP contribution in [0, 0.1) is 30.6 Å². The lowest BCUT2D eigenvalue weighted by molar-refractivity contribution is -0.138. The van der Waals surface area contributed by atoms with E-state index in [-0.39, 0.29) is 35.4 Å². The smallest absolute Gasteiger partial charge is 0.260 e. The molecule has 0 bridgehead atoms. The maximum atomic E-state index is 15.5. The van der Waals surface area contributed by atoms with Gasteiger partial charge in [0.05, 0.1) is 46.7 Å². The zero-order chi connectivity index (χ0) is 41.6. The molecular weight excluding hydrogens is 803 g/mol. The fourth-order valence-corrected chi connectivity index (χ4v) is 10.5. The van der Waals surface area contributed by atoms with Crippen LogP contribution in [0.4, 0.5) is 11.4 Å². The molecule has 2 aliphatic heterocycles. The Morgan fingerprint density at radius 2 is 1.63 bits per heavy atom. The summed E-state index contributed by atoms with van der Waals surface area (Å²) in [4.78, 5) is 65.6. The van der Waals surface area contributed by atoms with E-state index >= 15 is 9.59 Å². The molecule has 1 saturated carbocycles. The number of oxazole rings is 1. The molecule has 2 N–H and O–H groups in total. The standard InChI is InChI=1S/C47H36Cl2N4O7/c1-24-21-26(9-20-38(24)54)41-31-17-18-32-40(45(57)52(43(32)55)29-13-7-25(8-14-29)42-50-37-5-3-4-6-39(37)60-42)33(31)23-34-44(56)53(51-36-19-12-28(48)22-35(36)49)46(58)47(34,41)27-10-15-30(59-2)16-11-27/h3-17,19-22,32-34,40-41,51,54H,18,23H2,1-2H3/t32-,33+,34-,40-,41-,47+/m0/s1. The molecule has 5 aromatic carbocycles. The highest BCUT2D eigenvalue weighted by molar-refractivity contribution is 6.36. The first-order valence-corrected chi connectivity index (χ1v) is 20.3. The van der Waals surface area contributed by atoms with Crippen molar-refractivity contribution in [2.45, 2.75) is 31.1 Å². The number of fused-ring (bicyclic) bond motifs is 5. The summed E-state index contributed by atoms with van der Waals surface area (Å²) < 4.78 is 11.5. The molecule has 4 aliphatic rings. The number of aromatic hydroxyl groups is 1. The monoisotopic (exact) mass is 838 g/mol. The Morgan fingerprint density at radius 1 is 0.867 bits per heavy atom. The fraction of sp³-hybridized carbons (Fsp3) is 0.213. The molecule has 4 amide bonds. The molecule has 0 radical (unpaired) electrons. The second-order valence-corrected chi connectivity index (χ2v) is 16.6. The number of ether oxygens (including phenoxy) is 1. The number of nitrogens with one attached hydrogen (secondary N) is 1. The third kappa shape index (κ3) is 5.59. The first-order valence-electron chi connectivity index (χ1n) is 19.6. The van der Waals surface area contributed by atoms with Gasteiger partial charge in [0.2, 0.25) is 17.7 Å². The summed E-state index contributed by atoms with van der Waals surface area (Å²) in [5.74, 6) is -4.52. The van der Waals surface area contributed by atoms with Crippen molar-refractivity contribution in [3.8, 4) is 23.0 Å². The molecule has 6 atom stereocenters. The maximum absolute atomic E-state index is 15.5. The number of nitrogens with zero attached hydrogens (tertiary/aromatic N) is 3. The molecule has 60 heavy (non-hydrogen) atoms. The Morgan fingerprint density at radius 3 is 2.35 bits per heavy atom. The lowest BCUT2D eigenvalue weighted by Gasteiger charge is -2.50. The van der Waals surface area contributed by atoms with Crippen molar-refractivity contribution < 1.29 is 33.4 Å². The van der Waals surface area contributed by atoms with Gasteiger partial charge in [-0.2, -0.15) is 5.01 Å². The van der Waals surface area contributed by atoms with Crippen molar-refractivity contribution in [3.63, 3.8) is 0 Å². The number of para-hydroxylation sites is 2. The van der Waals surface area contributed by atoms with Crippen LogP contribution in [-0.2, 0) is 24.6 Å². The number of benzene rings is 5. The van der Waals surface area contributed by atoms with Crippen molar-refractivity contribution in [2.24, 2.45) is 23.7 Å². The van der Waals surface area contributed by atoms with Gasteiger partial charge in [-0.3, -0.25) is 29.5 Å². The SMILES string of the molecule is COc1ccc([C@@]23C(=O)N(Nc4ccc(Cl)cc4Cl)C(=O)[C@@H]2C[C@@H]2C(=CC[C@@H]4C(=O)N(c5ccc(-c6nc7ccccc7o6)cc5)C(=O)[C@@H]42)[C@@H]3c2ccc(O)c(C)c2)cc1. The van der Waals surface area contributed by atoms with Gasteiger partial charge in [-0.05, 0) is 115 Å². The topological polar surface area (TPSA) is 142 Å². The van der Waals surface area contributed by atoms with E-state index in [2.05, 4.69) is 10.4 Å². The van der Waals surface area contributed by atoms with E-state index in [4.69, 9.17) is 32.4 Å². The van der Waals surface area contributed by atoms with Crippen molar-refractivity contribution in [3.05, 3.63) is 148 Å². The highest BCUT2D eigenvalue weighted by Gasteiger charge is 2.70. The van der Waals surface area contributed by atoms with Crippen LogP contribution in [0.5, 0.6) is 11.5 Å². The molecule has 300 valence electrons. The number of imide groups is 2. The first kappa shape index (κ1) is 37.8. The largest absolute Gasteiger partial charge is 0.508 e. The Hall–Kier alpha value is -6.43. The number of phenolic OH excluding ortho intramolecular Hbond substituents is 1. The van der Waals surface area contributed by atoms with Crippen LogP contribution < -0.4 is 15.1 Å². The van der Waals surface area contributed by atoms with Gasteiger partial charge in [0.25, 0.3) is 11.8 Å². The van der Waals surface area contributed by atoms with E-state index in [9.17, 15) is 14.7 Å². The number of rotatable bonds is 7. The van der Waals surface area contributed by atoms with E-state index in [0.717, 1.165) is 10.6 Å². The summed E-state index contributed by atoms with van der Waals surface area (Å²) in [7, 11) is 1.55. The van der Waals surface area contributed by atoms with Gasteiger partial charge in [-0.15, -0.1) is 0 Å². The number of methoxy groups -OCH3 is 1. The summed E-state index contributed by atoms with van der Waals surface area (Å²) in [6, 6.07) is 31.4. The zero-order valence-electron chi connectivity index (χ0n) is 32.3. The molecule has 1 aromatic heterocycles. The highest BCUT2D eigenvalue weighted by Crippen LogP contribution is 2.64. The molecule has 2 aliphatic carbocycles. The van der Waals surface area contributed by atoms with Crippen molar-refractivity contribution in [1.82, 2.24) is 9.99 Å². The normalized spacial score (nSPS) is 24.7. The summed E-state index contributed by atoms with van der Waals surface area (Å²) in [5.41, 5.74) is 6.86. The number of hydrogen-bond acceptors (Lipinski definition) is 9. The van der Waals surface area contributed by atoms with Crippen LogP contribution in [0.25, 0.3) is 22.6 Å². The Labute approximate surface area is 354 Å². The number of anilines is 2. The second kappa shape index (κ2) is 14.1. The Kier molecular flexibility index (Phi) is 8.89. The number of allylic oxidation sites excluding steroid dienone is 2. The number of halogens is 2. The van der Waals surface area contributed by atoms with Crippen LogP contribution in [0.1, 0.15) is 35.4 Å². The Bertz CT molecular complexity index is 2790. The molecule has 0 unspecified atom stereocenters. The number of amides is 4. The average Bonchev–Trinajstić information content (AvgIpc) is 3.87. The predicted molar refractivity (Wildman–Crippen MR) is 225 cm³/mol. The quantitative estimate of drug-likeness (QED) is 0.119. The summed E-state index contributed by atoms with van der Waals surface area (Å²) in [6.07, 6.45) is 2.35. The van der Waals surface area contributed by atoms with Crippen molar-refractivity contribution in [2.75, 3.05) is 17.4 Å². The van der Waals surface area contributed by atoms with Crippen LogP contribution in [0.2, 0.25) is 10.0 Å². The minimum atomic E-state index is -1.53. The highest BCUT2D eigenvalue weighted by atomic mass is 35.5.